The van der Waals surface area contributed by atoms with Crippen molar-refractivity contribution >= 4 is 17.7 Å². The lowest BCUT2D eigenvalue weighted by molar-refractivity contribution is -0.0328. The molecule has 6 heteroatoms. The SMILES string of the molecule is O=C(NC1=CC=CC1)c1ccc(SC(F)(F)F)cc1. The second-order valence-electron chi connectivity index (χ2n) is 3.85. The van der Waals surface area contributed by atoms with Gasteiger partial charge in [0.15, 0.2) is 0 Å². The van der Waals surface area contributed by atoms with Crippen LogP contribution in [0.2, 0.25) is 0 Å². The highest BCUT2D eigenvalue weighted by Crippen LogP contribution is 2.36. The van der Waals surface area contributed by atoms with Crippen molar-refractivity contribution in [2.45, 2.75) is 16.8 Å². The van der Waals surface area contributed by atoms with Gasteiger partial charge in [0.25, 0.3) is 5.91 Å². The van der Waals surface area contributed by atoms with Gasteiger partial charge in [0.2, 0.25) is 0 Å². The molecule has 2 rings (SSSR count). The maximum atomic E-state index is 12.1. The monoisotopic (exact) mass is 285 g/mol. The number of thioether (sulfide) groups is 1. The Morgan fingerprint density at radius 1 is 1.21 bits per heavy atom. The number of hydrogen-bond acceptors (Lipinski definition) is 2. The van der Waals surface area contributed by atoms with E-state index in [9.17, 15) is 18.0 Å². The first-order chi connectivity index (χ1) is 8.94. The van der Waals surface area contributed by atoms with Gasteiger partial charge in [-0.3, -0.25) is 4.79 Å². The number of allylic oxidation sites excluding steroid dienone is 3. The van der Waals surface area contributed by atoms with Crippen LogP contribution in [0.25, 0.3) is 0 Å². The Bertz CT molecular complexity index is 532. The van der Waals surface area contributed by atoms with Gasteiger partial charge in [-0.05, 0) is 42.1 Å². The molecule has 1 amide bonds. The van der Waals surface area contributed by atoms with Crippen LogP contribution < -0.4 is 5.32 Å². The van der Waals surface area contributed by atoms with Gasteiger partial charge >= 0.3 is 5.51 Å². The number of alkyl halides is 3. The van der Waals surface area contributed by atoms with Crippen molar-refractivity contribution < 1.29 is 18.0 Å². The van der Waals surface area contributed by atoms with E-state index in [-0.39, 0.29) is 22.6 Å². The van der Waals surface area contributed by atoms with Crippen LogP contribution in [0, 0.1) is 0 Å². The zero-order valence-corrected chi connectivity index (χ0v) is 10.5. The first-order valence-electron chi connectivity index (χ1n) is 5.47. The Kier molecular flexibility index (Phi) is 3.99. The van der Waals surface area contributed by atoms with Crippen LogP contribution in [0.15, 0.2) is 53.1 Å². The predicted octanol–water partition coefficient (Wildman–Crippen LogP) is 3.87. The molecular formula is C13H10F3NOS. The summed E-state index contributed by atoms with van der Waals surface area (Å²) in [5.41, 5.74) is -3.21. The van der Waals surface area contributed by atoms with Gasteiger partial charge in [-0.25, -0.2) is 0 Å². The van der Waals surface area contributed by atoms with Gasteiger partial charge in [0.1, 0.15) is 0 Å². The van der Waals surface area contributed by atoms with Crippen LogP contribution >= 0.6 is 11.8 Å². The van der Waals surface area contributed by atoms with Gasteiger partial charge in [0, 0.05) is 22.6 Å². The fourth-order valence-corrected chi connectivity index (χ4v) is 2.11. The van der Waals surface area contributed by atoms with Crippen molar-refractivity contribution in [2.75, 3.05) is 0 Å². The van der Waals surface area contributed by atoms with Gasteiger partial charge in [0.05, 0.1) is 0 Å². The van der Waals surface area contributed by atoms with E-state index in [1.165, 1.54) is 24.3 Å². The fraction of sp³-hybridized carbons (Fsp3) is 0.154. The molecule has 0 aromatic heterocycles. The minimum Gasteiger partial charge on any atom is -0.325 e. The normalized spacial score (nSPS) is 14.4. The molecule has 0 atom stereocenters. The highest BCUT2D eigenvalue weighted by atomic mass is 32.2. The van der Waals surface area contributed by atoms with E-state index in [0.717, 1.165) is 5.70 Å². The number of carbonyl (C=O) groups excluding carboxylic acids is 1. The van der Waals surface area contributed by atoms with E-state index >= 15 is 0 Å². The maximum absolute atomic E-state index is 12.1. The summed E-state index contributed by atoms with van der Waals surface area (Å²) >= 11 is -0.199. The van der Waals surface area contributed by atoms with Crippen LogP contribution in [0.3, 0.4) is 0 Å². The average Bonchev–Trinajstić information content (AvgIpc) is 2.80. The molecule has 100 valence electrons. The molecular weight excluding hydrogens is 275 g/mol. The molecule has 0 bridgehead atoms. The lowest BCUT2D eigenvalue weighted by Gasteiger charge is -2.08. The summed E-state index contributed by atoms with van der Waals surface area (Å²) in [6, 6.07) is 5.33. The zero-order valence-electron chi connectivity index (χ0n) is 9.70. The number of amides is 1. The number of benzene rings is 1. The minimum atomic E-state index is -4.32. The molecule has 1 aromatic carbocycles. The summed E-state index contributed by atoms with van der Waals surface area (Å²) in [5, 5.41) is 2.69. The molecule has 0 heterocycles. The average molecular weight is 285 g/mol. The molecule has 19 heavy (non-hydrogen) atoms. The molecule has 0 saturated carbocycles. The third kappa shape index (κ3) is 4.17. The Hall–Kier alpha value is -1.69. The van der Waals surface area contributed by atoms with Gasteiger partial charge in [-0.1, -0.05) is 12.2 Å². The number of rotatable bonds is 3. The second-order valence-corrected chi connectivity index (χ2v) is 4.99. The Morgan fingerprint density at radius 3 is 2.42 bits per heavy atom. The third-order valence-corrected chi connectivity index (χ3v) is 3.13. The zero-order chi connectivity index (χ0) is 13.9. The molecule has 0 aliphatic heterocycles. The molecule has 1 aliphatic rings. The van der Waals surface area contributed by atoms with Crippen LogP contribution in [-0.4, -0.2) is 11.4 Å². The smallest absolute Gasteiger partial charge is 0.325 e. The molecule has 0 radical (unpaired) electrons. The number of nitrogens with one attached hydrogen (secondary N) is 1. The van der Waals surface area contributed by atoms with E-state index in [2.05, 4.69) is 5.32 Å². The van der Waals surface area contributed by atoms with Crippen LogP contribution in [0.1, 0.15) is 16.8 Å². The molecule has 0 unspecified atom stereocenters. The fourth-order valence-electron chi connectivity index (χ4n) is 1.57. The summed E-state index contributed by atoms with van der Waals surface area (Å²) < 4.78 is 36.4. The van der Waals surface area contributed by atoms with E-state index < -0.39 is 5.51 Å². The second kappa shape index (κ2) is 5.52. The summed E-state index contributed by atoms with van der Waals surface area (Å²) in [7, 11) is 0. The van der Waals surface area contributed by atoms with E-state index in [0.29, 0.717) is 12.0 Å². The van der Waals surface area contributed by atoms with E-state index in [1.54, 1.807) is 6.08 Å². The van der Waals surface area contributed by atoms with Crippen molar-refractivity contribution in [1.82, 2.24) is 5.32 Å². The molecule has 1 N–H and O–H groups in total. The van der Waals surface area contributed by atoms with Gasteiger partial charge in [-0.2, -0.15) is 13.2 Å². The van der Waals surface area contributed by atoms with Crippen molar-refractivity contribution in [2.24, 2.45) is 0 Å². The molecule has 0 saturated heterocycles. The summed E-state index contributed by atoms with van der Waals surface area (Å²) in [6.45, 7) is 0. The molecule has 1 aliphatic carbocycles. The predicted molar refractivity (Wildman–Crippen MR) is 67.7 cm³/mol. The molecule has 1 aromatic rings. The Labute approximate surface area is 112 Å². The first kappa shape index (κ1) is 13.7. The molecule has 0 spiro atoms. The maximum Gasteiger partial charge on any atom is 0.446 e. The van der Waals surface area contributed by atoms with Crippen molar-refractivity contribution in [3.05, 3.63) is 53.8 Å². The third-order valence-electron chi connectivity index (χ3n) is 2.40. The largest absolute Gasteiger partial charge is 0.446 e. The lowest BCUT2D eigenvalue weighted by atomic mass is 10.2. The summed E-state index contributed by atoms with van der Waals surface area (Å²) in [4.78, 5) is 11.8. The summed E-state index contributed by atoms with van der Waals surface area (Å²) in [5.74, 6) is -0.321. The van der Waals surface area contributed by atoms with Gasteiger partial charge in [-0.15, -0.1) is 0 Å². The van der Waals surface area contributed by atoms with Crippen molar-refractivity contribution in [1.29, 1.82) is 0 Å². The quantitative estimate of drug-likeness (QED) is 0.854. The Balaban J connectivity index is 1.99. The van der Waals surface area contributed by atoms with Crippen LogP contribution in [-0.2, 0) is 0 Å². The van der Waals surface area contributed by atoms with E-state index in [4.69, 9.17) is 0 Å². The highest BCUT2D eigenvalue weighted by molar-refractivity contribution is 8.00. The molecule has 0 fully saturated rings. The van der Waals surface area contributed by atoms with E-state index in [1.807, 2.05) is 12.2 Å². The summed E-state index contributed by atoms with van der Waals surface area (Å²) in [6.07, 6.45) is 6.18. The number of hydrogen-bond donors (Lipinski definition) is 1. The van der Waals surface area contributed by atoms with Crippen LogP contribution in [0.5, 0.6) is 0 Å². The van der Waals surface area contributed by atoms with Crippen molar-refractivity contribution in [3.63, 3.8) is 0 Å². The standard InChI is InChI=1S/C13H10F3NOS/c14-13(15,16)19-11-7-5-9(6-8-11)12(18)17-10-3-1-2-4-10/h1-3,5-8H,4H2,(H,17,18). The van der Waals surface area contributed by atoms with Crippen molar-refractivity contribution in [3.8, 4) is 0 Å². The molecule has 2 nitrogen and oxygen atoms in total. The first-order valence-corrected chi connectivity index (χ1v) is 6.28. The van der Waals surface area contributed by atoms with Crippen LogP contribution in [0.4, 0.5) is 13.2 Å². The number of halogens is 3. The minimum absolute atomic E-state index is 0.0609. The topological polar surface area (TPSA) is 29.1 Å². The lowest BCUT2D eigenvalue weighted by Crippen LogP contribution is -2.21. The van der Waals surface area contributed by atoms with Gasteiger partial charge < -0.3 is 5.32 Å². The number of carbonyl (C=O) groups is 1. The highest BCUT2D eigenvalue weighted by Gasteiger charge is 2.29. The Morgan fingerprint density at radius 2 is 1.89 bits per heavy atom.